The van der Waals surface area contributed by atoms with Crippen LogP contribution in [-0.2, 0) is 9.59 Å². The number of aliphatic imine (C=N–C) groups is 1. The van der Waals surface area contributed by atoms with Crippen LogP contribution < -0.4 is 0 Å². The Kier molecular flexibility index (Phi) is 3.61. The number of nitrogens with zero attached hydrogens (tertiary/aromatic N) is 1. The molecule has 0 fully saturated rings. The van der Waals surface area contributed by atoms with Crippen LogP contribution in [-0.4, -0.2) is 28.5 Å². The molecule has 16 heavy (non-hydrogen) atoms. The molecular formula is C11H10ClNO2S. The number of hydrogen-bond acceptors (Lipinski definition) is 4. The average molecular weight is 256 g/mol. The van der Waals surface area contributed by atoms with Gasteiger partial charge in [-0.15, -0.1) is 11.6 Å². The fourth-order valence-corrected chi connectivity index (χ4v) is 2.69. The summed E-state index contributed by atoms with van der Waals surface area (Å²) in [6, 6.07) is 0. The second kappa shape index (κ2) is 4.97. The summed E-state index contributed by atoms with van der Waals surface area (Å²) in [4.78, 5) is 27.9. The predicted molar refractivity (Wildman–Crippen MR) is 66.0 cm³/mol. The van der Waals surface area contributed by atoms with Crippen molar-refractivity contribution in [2.45, 2.75) is 18.2 Å². The monoisotopic (exact) mass is 255 g/mol. The molecule has 0 amide bonds. The number of alkyl halides is 1. The van der Waals surface area contributed by atoms with Crippen LogP contribution in [0, 0.1) is 0 Å². The van der Waals surface area contributed by atoms with E-state index in [4.69, 9.17) is 11.6 Å². The maximum Gasteiger partial charge on any atom is 0.179 e. The minimum Gasteiger partial charge on any atom is -0.296 e. The number of halogens is 1. The maximum absolute atomic E-state index is 11.7. The lowest BCUT2D eigenvalue weighted by Crippen LogP contribution is -2.12. The summed E-state index contributed by atoms with van der Waals surface area (Å²) in [5.41, 5.74) is 0.744. The molecule has 1 aliphatic heterocycles. The van der Waals surface area contributed by atoms with Gasteiger partial charge in [0.1, 0.15) is 0 Å². The number of ketones is 2. The van der Waals surface area contributed by atoms with Gasteiger partial charge in [-0.2, -0.15) is 0 Å². The standard InChI is InChI=1S/C11H10ClNO2S/c12-5-1-2-9(15)11-13-8-4-3-7(14)6-10(8)16-11/h3-4,6,11H,1-2,5H2. The summed E-state index contributed by atoms with van der Waals surface area (Å²) in [5, 5.41) is -0.389. The van der Waals surface area contributed by atoms with Gasteiger partial charge in [0.15, 0.2) is 16.9 Å². The Morgan fingerprint density at radius 1 is 1.50 bits per heavy atom. The van der Waals surface area contributed by atoms with Gasteiger partial charge in [-0.3, -0.25) is 14.6 Å². The summed E-state index contributed by atoms with van der Waals surface area (Å²) in [7, 11) is 0. The van der Waals surface area contributed by atoms with Crippen molar-refractivity contribution in [2.24, 2.45) is 4.99 Å². The quantitative estimate of drug-likeness (QED) is 0.571. The average Bonchev–Trinajstić information content (AvgIpc) is 2.68. The third-order valence-corrected chi connectivity index (χ3v) is 3.70. The van der Waals surface area contributed by atoms with Gasteiger partial charge in [-0.25, -0.2) is 0 Å². The molecule has 0 bridgehead atoms. The normalized spacial score (nSPS) is 22.8. The molecule has 0 saturated heterocycles. The Hall–Kier alpha value is -0.870. The summed E-state index contributed by atoms with van der Waals surface area (Å²) < 4.78 is 0. The largest absolute Gasteiger partial charge is 0.296 e. The molecule has 0 aromatic heterocycles. The molecule has 0 aromatic rings. The van der Waals surface area contributed by atoms with Crippen LogP contribution in [0.2, 0.25) is 0 Å². The lowest BCUT2D eigenvalue weighted by atomic mass is 10.1. The van der Waals surface area contributed by atoms with Gasteiger partial charge in [0.2, 0.25) is 0 Å². The molecule has 0 radical (unpaired) electrons. The summed E-state index contributed by atoms with van der Waals surface area (Å²) in [6.07, 6.45) is 5.78. The lowest BCUT2D eigenvalue weighted by molar-refractivity contribution is -0.118. The minimum absolute atomic E-state index is 0.0460. The number of rotatable bonds is 4. The van der Waals surface area contributed by atoms with Crippen molar-refractivity contribution in [3.05, 3.63) is 23.1 Å². The van der Waals surface area contributed by atoms with E-state index in [1.54, 1.807) is 6.08 Å². The highest BCUT2D eigenvalue weighted by Crippen LogP contribution is 2.34. The molecule has 1 atom stereocenters. The molecule has 1 unspecified atom stereocenters. The molecule has 0 N–H and O–H groups in total. The molecule has 84 valence electrons. The van der Waals surface area contributed by atoms with Crippen LogP contribution in [0.4, 0.5) is 0 Å². The summed E-state index contributed by atoms with van der Waals surface area (Å²) in [5.74, 6) is 0.519. The van der Waals surface area contributed by atoms with Gasteiger partial charge in [0.25, 0.3) is 0 Å². The van der Waals surface area contributed by atoms with Gasteiger partial charge in [0.05, 0.1) is 5.71 Å². The van der Waals surface area contributed by atoms with Crippen molar-refractivity contribution in [1.82, 2.24) is 0 Å². The molecule has 3 nitrogen and oxygen atoms in total. The molecule has 0 spiro atoms. The van der Waals surface area contributed by atoms with Gasteiger partial charge >= 0.3 is 0 Å². The van der Waals surface area contributed by atoms with Crippen molar-refractivity contribution >= 4 is 40.6 Å². The fraction of sp³-hybridized carbons (Fsp3) is 0.364. The van der Waals surface area contributed by atoms with Crippen LogP contribution >= 0.6 is 23.4 Å². The highest BCUT2D eigenvalue weighted by molar-refractivity contribution is 8.05. The molecule has 1 aliphatic carbocycles. The third kappa shape index (κ3) is 2.44. The Morgan fingerprint density at radius 3 is 3.06 bits per heavy atom. The van der Waals surface area contributed by atoms with Gasteiger partial charge < -0.3 is 0 Å². The first-order valence-electron chi connectivity index (χ1n) is 4.98. The van der Waals surface area contributed by atoms with Crippen LogP contribution in [0.25, 0.3) is 0 Å². The SMILES string of the molecule is O=C1C=CC2=NC(C(=O)CCCCl)SC2=C1. The molecule has 2 rings (SSSR count). The first kappa shape index (κ1) is 11.6. The van der Waals surface area contributed by atoms with E-state index in [2.05, 4.69) is 4.99 Å². The third-order valence-electron chi connectivity index (χ3n) is 2.26. The van der Waals surface area contributed by atoms with E-state index in [1.807, 2.05) is 0 Å². The molecule has 0 saturated carbocycles. The Bertz CT molecular complexity index is 426. The second-order valence-corrected chi connectivity index (χ2v) is 4.99. The Labute approximate surface area is 103 Å². The molecule has 2 aliphatic rings. The Balaban J connectivity index is 2.05. The van der Waals surface area contributed by atoms with E-state index in [0.29, 0.717) is 18.7 Å². The van der Waals surface area contributed by atoms with E-state index in [9.17, 15) is 9.59 Å². The Morgan fingerprint density at radius 2 is 2.31 bits per heavy atom. The van der Waals surface area contributed by atoms with E-state index in [0.717, 1.165) is 10.6 Å². The first-order chi connectivity index (χ1) is 7.70. The zero-order valence-electron chi connectivity index (χ0n) is 8.48. The number of fused-ring (bicyclic) bond motifs is 1. The number of carbonyl (C=O) groups excluding carboxylic acids is 2. The number of carbonyl (C=O) groups is 2. The summed E-state index contributed by atoms with van der Waals surface area (Å²) >= 11 is 6.88. The number of hydrogen-bond donors (Lipinski definition) is 0. The smallest absolute Gasteiger partial charge is 0.179 e. The van der Waals surface area contributed by atoms with E-state index < -0.39 is 0 Å². The molecule has 1 heterocycles. The molecule has 0 aromatic carbocycles. The number of thioether (sulfide) groups is 1. The highest BCUT2D eigenvalue weighted by atomic mass is 35.5. The fourth-order valence-electron chi connectivity index (χ4n) is 1.47. The topological polar surface area (TPSA) is 46.5 Å². The van der Waals surface area contributed by atoms with E-state index in [-0.39, 0.29) is 16.9 Å². The van der Waals surface area contributed by atoms with Crippen molar-refractivity contribution in [1.29, 1.82) is 0 Å². The van der Waals surface area contributed by atoms with Crippen LogP contribution in [0.15, 0.2) is 28.1 Å². The van der Waals surface area contributed by atoms with E-state index >= 15 is 0 Å². The second-order valence-electron chi connectivity index (χ2n) is 3.49. The maximum atomic E-state index is 11.7. The molecular weight excluding hydrogens is 246 g/mol. The van der Waals surface area contributed by atoms with Crippen LogP contribution in [0.5, 0.6) is 0 Å². The van der Waals surface area contributed by atoms with Crippen LogP contribution in [0.1, 0.15) is 12.8 Å². The van der Waals surface area contributed by atoms with Crippen molar-refractivity contribution in [3.8, 4) is 0 Å². The van der Waals surface area contributed by atoms with Crippen molar-refractivity contribution < 1.29 is 9.59 Å². The number of allylic oxidation sites excluding steroid dienone is 4. The zero-order valence-corrected chi connectivity index (χ0v) is 10.1. The highest BCUT2D eigenvalue weighted by Gasteiger charge is 2.28. The van der Waals surface area contributed by atoms with Gasteiger partial charge in [0, 0.05) is 23.3 Å². The van der Waals surface area contributed by atoms with Gasteiger partial charge in [-0.1, -0.05) is 11.8 Å². The van der Waals surface area contributed by atoms with E-state index in [1.165, 1.54) is 23.9 Å². The first-order valence-corrected chi connectivity index (χ1v) is 6.39. The minimum atomic E-state index is -0.389. The summed E-state index contributed by atoms with van der Waals surface area (Å²) in [6.45, 7) is 0. The van der Waals surface area contributed by atoms with Crippen molar-refractivity contribution in [3.63, 3.8) is 0 Å². The van der Waals surface area contributed by atoms with Gasteiger partial charge in [-0.05, 0) is 18.6 Å². The van der Waals surface area contributed by atoms with Crippen LogP contribution in [0.3, 0.4) is 0 Å². The zero-order chi connectivity index (χ0) is 11.5. The molecule has 5 heteroatoms. The van der Waals surface area contributed by atoms with Crippen molar-refractivity contribution in [2.75, 3.05) is 5.88 Å². The number of Topliss-reactive ketones (excluding diaryl/α,β-unsaturated/α-hetero) is 1. The lowest BCUT2D eigenvalue weighted by Gasteiger charge is -2.03. The predicted octanol–water partition coefficient (Wildman–Crippen LogP) is 2.11.